The molecule has 0 unspecified atom stereocenters. The van der Waals surface area contributed by atoms with E-state index in [4.69, 9.17) is 10.5 Å². The standard InChI is InChI=1S/C14H17NO3/c1-14(2,3)18-12(16)9-6-10-4-7-11(8-5-10)13(15)17/h4-9H,1-3H3,(H2,15,17)/b9-6+. The van der Waals surface area contributed by atoms with E-state index < -0.39 is 17.5 Å². The summed E-state index contributed by atoms with van der Waals surface area (Å²) in [5.41, 5.74) is 5.85. The number of carbonyl (C=O) groups excluding carboxylic acids is 2. The van der Waals surface area contributed by atoms with Crippen molar-refractivity contribution < 1.29 is 14.3 Å². The van der Waals surface area contributed by atoms with Crippen LogP contribution in [0.2, 0.25) is 0 Å². The van der Waals surface area contributed by atoms with Gasteiger partial charge >= 0.3 is 5.97 Å². The van der Waals surface area contributed by atoms with Crippen LogP contribution in [0.3, 0.4) is 0 Å². The van der Waals surface area contributed by atoms with Crippen LogP contribution >= 0.6 is 0 Å². The fourth-order valence-electron chi connectivity index (χ4n) is 1.26. The van der Waals surface area contributed by atoms with Gasteiger partial charge in [0.25, 0.3) is 0 Å². The van der Waals surface area contributed by atoms with Crippen LogP contribution in [-0.2, 0) is 9.53 Å². The smallest absolute Gasteiger partial charge is 0.331 e. The maximum atomic E-state index is 11.4. The quantitative estimate of drug-likeness (QED) is 0.657. The molecule has 1 aromatic rings. The van der Waals surface area contributed by atoms with Gasteiger partial charge in [0.2, 0.25) is 5.91 Å². The molecule has 0 radical (unpaired) electrons. The summed E-state index contributed by atoms with van der Waals surface area (Å²) in [4.78, 5) is 22.3. The van der Waals surface area contributed by atoms with E-state index in [0.717, 1.165) is 5.56 Å². The molecule has 1 amide bonds. The highest BCUT2D eigenvalue weighted by Crippen LogP contribution is 2.09. The van der Waals surface area contributed by atoms with Crippen molar-refractivity contribution in [2.24, 2.45) is 5.73 Å². The lowest BCUT2D eigenvalue weighted by Crippen LogP contribution is -2.22. The Morgan fingerprint density at radius 2 is 1.72 bits per heavy atom. The molecule has 2 N–H and O–H groups in total. The number of ether oxygens (including phenoxy) is 1. The van der Waals surface area contributed by atoms with E-state index in [2.05, 4.69) is 0 Å². The van der Waals surface area contributed by atoms with Crippen molar-refractivity contribution in [3.8, 4) is 0 Å². The second-order valence-corrected chi connectivity index (χ2v) is 4.85. The van der Waals surface area contributed by atoms with Gasteiger partial charge in [-0.15, -0.1) is 0 Å². The van der Waals surface area contributed by atoms with E-state index in [-0.39, 0.29) is 0 Å². The molecule has 0 atom stereocenters. The summed E-state index contributed by atoms with van der Waals surface area (Å²) in [5.74, 6) is -0.876. The average molecular weight is 247 g/mol. The van der Waals surface area contributed by atoms with Crippen molar-refractivity contribution in [3.63, 3.8) is 0 Å². The molecule has 4 heteroatoms. The van der Waals surface area contributed by atoms with E-state index in [1.54, 1.807) is 51.1 Å². The summed E-state index contributed by atoms with van der Waals surface area (Å²) in [6, 6.07) is 6.64. The van der Waals surface area contributed by atoms with Crippen molar-refractivity contribution >= 4 is 18.0 Å². The van der Waals surface area contributed by atoms with Crippen LogP contribution in [0.4, 0.5) is 0 Å². The highest BCUT2D eigenvalue weighted by Gasteiger charge is 2.13. The first-order chi connectivity index (χ1) is 8.28. The first kappa shape index (κ1) is 14.0. The number of primary amides is 1. The summed E-state index contributed by atoms with van der Waals surface area (Å²) >= 11 is 0. The molecule has 1 rings (SSSR count). The number of rotatable bonds is 3. The number of benzene rings is 1. The Labute approximate surface area is 106 Å². The summed E-state index contributed by atoms with van der Waals surface area (Å²) in [6.07, 6.45) is 2.98. The zero-order valence-electron chi connectivity index (χ0n) is 10.8. The molecule has 0 aliphatic rings. The van der Waals surface area contributed by atoms with E-state index in [1.807, 2.05) is 0 Å². The third-order valence-electron chi connectivity index (χ3n) is 2.01. The lowest BCUT2D eigenvalue weighted by Gasteiger charge is -2.17. The molecule has 0 aliphatic carbocycles. The molecule has 0 aromatic heterocycles. The Hall–Kier alpha value is -2.10. The Bertz CT molecular complexity index is 467. The van der Waals surface area contributed by atoms with Gasteiger partial charge in [-0.2, -0.15) is 0 Å². The minimum absolute atomic E-state index is 0.401. The molecule has 4 nitrogen and oxygen atoms in total. The van der Waals surface area contributed by atoms with Gasteiger partial charge in [-0.1, -0.05) is 12.1 Å². The molecular weight excluding hydrogens is 230 g/mol. The predicted molar refractivity (Wildman–Crippen MR) is 69.8 cm³/mol. The zero-order chi connectivity index (χ0) is 13.8. The maximum Gasteiger partial charge on any atom is 0.331 e. The fraction of sp³-hybridized carbons (Fsp3) is 0.286. The molecule has 0 fully saturated rings. The van der Waals surface area contributed by atoms with Crippen LogP contribution in [0.25, 0.3) is 6.08 Å². The normalized spacial score (nSPS) is 11.5. The average Bonchev–Trinajstić information content (AvgIpc) is 2.24. The first-order valence-electron chi connectivity index (χ1n) is 5.59. The molecule has 18 heavy (non-hydrogen) atoms. The minimum atomic E-state index is -0.503. The van der Waals surface area contributed by atoms with E-state index in [9.17, 15) is 9.59 Å². The molecular formula is C14H17NO3. The molecule has 0 saturated carbocycles. The number of carbonyl (C=O) groups is 2. The van der Waals surface area contributed by atoms with E-state index in [1.165, 1.54) is 6.08 Å². The zero-order valence-corrected chi connectivity index (χ0v) is 10.8. The molecule has 0 spiro atoms. The van der Waals surface area contributed by atoms with Crippen LogP contribution in [0, 0.1) is 0 Å². The van der Waals surface area contributed by atoms with Gasteiger partial charge in [0.15, 0.2) is 0 Å². The van der Waals surface area contributed by atoms with Crippen LogP contribution in [0.15, 0.2) is 30.3 Å². The van der Waals surface area contributed by atoms with Gasteiger partial charge in [0.05, 0.1) is 0 Å². The van der Waals surface area contributed by atoms with Gasteiger partial charge in [-0.25, -0.2) is 4.79 Å². The maximum absolute atomic E-state index is 11.4. The molecule has 0 bridgehead atoms. The van der Waals surface area contributed by atoms with Crippen molar-refractivity contribution in [3.05, 3.63) is 41.5 Å². The Balaban J connectivity index is 2.67. The summed E-state index contributed by atoms with van der Waals surface area (Å²) in [6.45, 7) is 5.42. The van der Waals surface area contributed by atoms with Gasteiger partial charge in [-0.05, 0) is 44.5 Å². The summed E-state index contributed by atoms with van der Waals surface area (Å²) in [5, 5.41) is 0. The highest BCUT2D eigenvalue weighted by molar-refractivity contribution is 5.93. The molecule has 1 aromatic carbocycles. The first-order valence-corrected chi connectivity index (χ1v) is 5.59. The van der Waals surface area contributed by atoms with Crippen LogP contribution in [-0.4, -0.2) is 17.5 Å². The summed E-state index contributed by atoms with van der Waals surface area (Å²) < 4.78 is 5.12. The van der Waals surface area contributed by atoms with Crippen molar-refractivity contribution in [2.45, 2.75) is 26.4 Å². The Morgan fingerprint density at radius 3 is 2.17 bits per heavy atom. The van der Waals surface area contributed by atoms with Crippen LogP contribution < -0.4 is 5.73 Å². The highest BCUT2D eigenvalue weighted by atomic mass is 16.6. The molecule has 0 aliphatic heterocycles. The van der Waals surface area contributed by atoms with E-state index >= 15 is 0 Å². The van der Waals surface area contributed by atoms with Crippen LogP contribution in [0.5, 0.6) is 0 Å². The van der Waals surface area contributed by atoms with Gasteiger partial charge in [-0.3, -0.25) is 4.79 Å². The van der Waals surface area contributed by atoms with Crippen molar-refractivity contribution in [1.29, 1.82) is 0 Å². The Kier molecular flexibility index (Phi) is 4.26. The lowest BCUT2D eigenvalue weighted by molar-refractivity contribution is -0.148. The Morgan fingerprint density at radius 1 is 1.17 bits per heavy atom. The molecule has 96 valence electrons. The monoisotopic (exact) mass is 247 g/mol. The van der Waals surface area contributed by atoms with Crippen molar-refractivity contribution in [1.82, 2.24) is 0 Å². The number of nitrogens with two attached hydrogens (primary N) is 1. The SMILES string of the molecule is CC(C)(C)OC(=O)/C=C/c1ccc(C(N)=O)cc1. The third-order valence-corrected chi connectivity index (χ3v) is 2.01. The van der Waals surface area contributed by atoms with Gasteiger partial charge in [0, 0.05) is 11.6 Å². The van der Waals surface area contributed by atoms with Gasteiger partial charge in [0.1, 0.15) is 5.60 Å². The number of hydrogen-bond donors (Lipinski definition) is 1. The predicted octanol–water partition coefficient (Wildman–Crippen LogP) is 2.14. The van der Waals surface area contributed by atoms with E-state index in [0.29, 0.717) is 5.56 Å². The molecule has 0 heterocycles. The number of amides is 1. The fourth-order valence-corrected chi connectivity index (χ4v) is 1.26. The van der Waals surface area contributed by atoms with Gasteiger partial charge < -0.3 is 10.5 Å². The second-order valence-electron chi connectivity index (χ2n) is 4.85. The lowest BCUT2D eigenvalue weighted by atomic mass is 10.1. The molecule has 0 saturated heterocycles. The number of hydrogen-bond acceptors (Lipinski definition) is 3. The van der Waals surface area contributed by atoms with Crippen LogP contribution in [0.1, 0.15) is 36.7 Å². The number of esters is 1. The topological polar surface area (TPSA) is 69.4 Å². The van der Waals surface area contributed by atoms with Crippen molar-refractivity contribution in [2.75, 3.05) is 0 Å². The minimum Gasteiger partial charge on any atom is -0.457 e. The largest absolute Gasteiger partial charge is 0.457 e. The second kappa shape index (κ2) is 5.49. The third kappa shape index (κ3) is 4.82. The summed E-state index contributed by atoms with van der Waals surface area (Å²) in [7, 11) is 0.